The lowest BCUT2D eigenvalue weighted by Gasteiger charge is -2.23. The summed E-state index contributed by atoms with van der Waals surface area (Å²) in [5.41, 5.74) is 3.75. The Morgan fingerprint density at radius 3 is 2.50 bits per heavy atom. The van der Waals surface area contributed by atoms with Crippen LogP contribution < -0.4 is 4.31 Å². The molecule has 8 heteroatoms. The molecule has 1 N–H and O–H groups in total. The minimum absolute atomic E-state index is 0.0493. The molecule has 1 aliphatic heterocycles. The van der Waals surface area contributed by atoms with Crippen molar-refractivity contribution in [2.75, 3.05) is 10.8 Å². The minimum atomic E-state index is -3.83. The van der Waals surface area contributed by atoms with Gasteiger partial charge in [-0.15, -0.1) is 0 Å². The maximum Gasteiger partial charge on any atom is 0.265 e. The molecule has 4 aromatic rings. The van der Waals surface area contributed by atoms with Gasteiger partial charge in [0.2, 0.25) is 5.88 Å². The highest BCUT2D eigenvalue weighted by Crippen LogP contribution is 2.40. The van der Waals surface area contributed by atoms with Crippen molar-refractivity contribution in [3.8, 4) is 17.1 Å². The first kappa shape index (κ1) is 20.3. The first-order chi connectivity index (χ1) is 15.4. The molecule has 5 rings (SSSR count). The number of sulfonamides is 1. The molecule has 3 heterocycles. The molecule has 32 heavy (non-hydrogen) atoms. The van der Waals surface area contributed by atoms with E-state index in [0.717, 1.165) is 11.1 Å². The average Bonchev–Trinajstić information content (AvgIpc) is 3.00. The Morgan fingerprint density at radius 1 is 1.00 bits per heavy atom. The van der Waals surface area contributed by atoms with Gasteiger partial charge in [-0.2, -0.15) is 5.10 Å². The number of fused-ring (bicyclic) bond motifs is 3. The van der Waals surface area contributed by atoms with Crippen LogP contribution in [0.4, 0.5) is 5.82 Å². The van der Waals surface area contributed by atoms with Crippen molar-refractivity contribution < 1.29 is 13.5 Å². The van der Waals surface area contributed by atoms with Crippen molar-refractivity contribution in [1.82, 2.24) is 14.8 Å². The Labute approximate surface area is 186 Å². The summed E-state index contributed by atoms with van der Waals surface area (Å²) in [6.07, 6.45) is 1.89. The number of pyridine rings is 1. The SMILES string of the molecule is Cc1ccc(S(=O)(=O)N2CCc3c(nn(Cc4ccccc4)c3O)-c3cccnc32)cc1. The number of nitrogens with zero attached hydrogens (tertiary/aromatic N) is 4. The Bertz CT molecular complexity index is 1380. The number of benzene rings is 2. The van der Waals surface area contributed by atoms with Gasteiger partial charge < -0.3 is 5.11 Å². The van der Waals surface area contributed by atoms with Crippen LogP contribution in [0, 0.1) is 6.92 Å². The van der Waals surface area contributed by atoms with Crippen LogP contribution in [-0.2, 0) is 23.0 Å². The van der Waals surface area contributed by atoms with Gasteiger partial charge in [0, 0.05) is 23.9 Å². The summed E-state index contributed by atoms with van der Waals surface area (Å²) in [7, 11) is -3.83. The van der Waals surface area contributed by atoms with E-state index in [1.54, 1.807) is 47.3 Å². The molecule has 0 saturated heterocycles. The highest BCUT2D eigenvalue weighted by Gasteiger charge is 2.33. The van der Waals surface area contributed by atoms with E-state index in [4.69, 9.17) is 0 Å². The number of hydrogen-bond acceptors (Lipinski definition) is 5. The fourth-order valence-corrected chi connectivity index (χ4v) is 5.41. The lowest BCUT2D eigenvalue weighted by atomic mass is 10.1. The molecule has 0 aliphatic carbocycles. The number of hydrogen-bond donors (Lipinski definition) is 1. The van der Waals surface area contributed by atoms with Crippen LogP contribution in [0.2, 0.25) is 0 Å². The number of anilines is 1. The van der Waals surface area contributed by atoms with Crippen LogP contribution in [0.3, 0.4) is 0 Å². The third-order valence-corrected chi connectivity index (χ3v) is 7.45. The van der Waals surface area contributed by atoms with Crippen LogP contribution >= 0.6 is 0 Å². The van der Waals surface area contributed by atoms with E-state index in [1.165, 1.54) is 4.31 Å². The van der Waals surface area contributed by atoms with Gasteiger partial charge in [0.05, 0.1) is 11.4 Å². The fraction of sp³-hybridized carbons (Fsp3) is 0.167. The van der Waals surface area contributed by atoms with Crippen molar-refractivity contribution in [3.63, 3.8) is 0 Å². The fourth-order valence-electron chi connectivity index (χ4n) is 3.97. The van der Waals surface area contributed by atoms with Crippen LogP contribution in [0.15, 0.2) is 77.8 Å². The quantitative estimate of drug-likeness (QED) is 0.516. The van der Waals surface area contributed by atoms with Crippen molar-refractivity contribution >= 4 is 15.8 Å². The van der Waals surface area contributed by atoms with E-state index < -0.39 is 10.0 Å². The number of aryl methyl sites for hydroxylation is 1. The average molecular weight is 447 g/mol. The maximum absolute atomic E-state index is 13.5. The molecule has 0 atom stereocenters. The molecule has 2 aromatic heterocycles. The van der Waals surface area contributed by atoms with E-state index >= 15 is 0 Å². The summed E-state index contributed by atoms with van der Waals surface area (Å²) in [6, 6.07) is 20.1. The van der Waals surface area contributed by atoms with E-state index in [1.807, 2.05) is 37.3 Å². The normalized spacial score (nSPS) is 13.3. The van der Waals surface area contributed by atoms with Gasteiger partial charge in [-0.3, -0.25) is 0 Å². The summed E-state index contributed by atoms with van der Waals surface area (Å²) in [5.74, 6) is 0.365. The number of aromatic nitrogens is 3. The summed E-state index contributed by atoms with van der Waals surface area (Å²) in [6.45, 7) is 2.48. The summed E-state index contributed by atoms with van der Waals surface area (Å²) >= 11 is 0. The smallest absolute Gasteiger partial charge is 0.265 e. The maximum atomic E-state index is 13.5. The number of rotatable bonds is 4. The molecule has 1 aliphatic rings. The number of aromatic hydroxyl groups is 1. The van der Waals surface area contributed by atoms with Crippen molar-refractivity contribution in [2.24, 2.45) is 0 Å². The monoisotopic (exact) mass is 446 g/mol. The van der Waals surface area contributed by atoms with Gasteiger partial charge in [-0.05, 0) is 43.2 Å². The van der Waals surface area contributed by atoms with E-state index in [2.05, 4.69) is 10.1 Å². The zero-order chi connectivity index (χ0) is 22.3. The van der Waals surface area contributed by atoms with E-state index in [-0.39, 0.29) is 17.3 Å². The Hall–Kier alpha value is -3.65. The third-order valence-electron chi connectivity index (χ3n) is 5.65. The lowest BCUT2D eigenvalue weighted by Crippen LogP contribution is -2.33. The largest absolute Gasteiger partial charge is 0.493 e. The molecule has 0 bridgehead atoms. The Kier molecular flexibility index (Phi) is 4.94. The molecular weight excluding hydrogens is 424 g/mol. The highest BCUT2D eigenvalue weighted by molar-refractivity contribution is 7.92. The van der Waals surface area contributed by atoms with E-state index in [9.17, 15) is 13.5 Å². The molecule has 0 fully saturated rings. The molecule has 0 amide bonds. The molecular formula is C24H22N4O3S. The molecule has 0 radical (unpaired) electrons. The third kappa shape index (κ3) is 3.42. The van der Waals surface area contributed by atoms with Crippen LogP contribution in [0.5, 0.6) is 5.88 Å². The zero-order valence-corrected chi connectivity index (χ0v) is 18.3. The molecule has 0 saturated carbocycles. The van der Waals surface area contributed by atoms with Crippen molar-refractivity contribution in [2.45, 2.75) is 24.8 Å². The first-order valence-electron chi connectivity index (χ1n) is 10.3. The molecule has 0 unspecified atom stereocenters. The molecule has 0 spiro atoms. The minimum Gasteiger partial charge on any atom is -0.493 e. The predicted octanol–water partition coefficient (Wildman–Crippen LogP) is 3.76. The van der Waals surface area contributed by atoms with Gasteiger partial charge in [0.1, 0.15) is 5.69 Å². The predicted molar refractivity (Wildman–Crippen MR) is 122 cm³/mol. The molecule has 2 aromatic carbocycles. The second-order valence-corrected chi connectivity index (χ2v) is 9.67. The first-order valence-corrected chi connectivity index (χ1v) is 11.8. The molecule has 7 nitrogen and oxygen atoms in total. The summed E-state index contributed by atoms with van der Waals surface area (Å²) in [4.78, 5) is 4.61. The van der Waals surface area contributed by atoms with Crippen molar-refractivity contribution in [3.05, 3.63) is 89.6 Å². The summed E-state index contributed by atoms with van der Waals surface area (Å²) < 4.78 is 29.8. The van der Waals surface area contributed by atoms with Crippen LogP contribution in [0.25, 0.3) is 11.3 Å². The standard InChI is InChI=1S/C24H22N4O3S/c1-17-9-11-19(12-10-17)32(30,31)28-15-13-21-22(20-8-5-14-25-23(20)28)26-27(24(21)29)16-18-6-3-2-4-7-18/h2-12,14,29H,13,15-16H2,1H3. The highest BCUT2D eigenvalue weighted by atomic mass is 32.2. The van der Waals surface area contributed by atoms with E-state index in [0.29, 0.717) is 35.6 Å². The Balaban J connectivity index is 1.59. The Morgan fingerprint density at radius 2 is 1.75 bits per heavy atom. The summed E-state index contributed by atoms with van der Waals surface area (Å²) in [5, 5.41) is 15.6. The van der Waals surface area contributed by atoms with Gasteiger partial charge in [0.25, 0.3) is 10.0 Å². The van der Waals surface area contributed by atoms with Crippen LogP contribution in [0.1, 0.15) is 16.7 Å². The van der Waals surface area contributed by atoms with Crippen molar-refractivity contribution in [1.29, 1.82) is 0 Å². The lowest BCUT2D eigenvalue weighted by molar-refractivity contribution is 0.404. The van der Waals surface area contributed by atoms with Crippen LogP contribution in [-0.4, -0.2) is 34.8 Å². The van der Waals surface area contributed by atoms with Gasteiger partial charge in [0.15, 0.2) is 5.82 Å². The molecule has 162 valence electrons. The second kappa shape index (κ2) is 7.80. The van der Waals surface area contributed by atoms with Gasteiger partial charge in [-0.25, -0.2) is 22.4 Å². The topological polar surface area (TPSA) is 88.3 Å². The van der Waals surface area contributed by atoms with Gasteiger partial charge >= 0.3 is 0 Å². The second-order valence-electron chi connectivity index (χ2n) is 7.81. The van der Waals surface area contributed by atoms with Gasteiger partial charge in [-0.1, -0.05) is 48.0 Å². The zero-order valence-electron chi connectivity index (χ0n) is 17.5.